The smallest absolute Gasteiger partial charge is 0.338 e. The molecule has 1 aromatic carbocycles. The lowest BCUT2D eigenvalue weighted by Crippen LogP contribution is -2.42. The monoisotopic (exact) mass is 394 g/mol. The molecule has 3 rings (SSSR count). The maximum Gasteiger partial charge on any atom is 0.338 e. The van der Waals surface area contributed by atoms with Gasteiger partial charge in [-0.1, -0.05) is 39.8 Å². The molecule has 4 nitrogen and oxygen atoms in total. The second-order valence-corrected chi connectivity index (χ2v) is 7.44. The van der Waals surface area contributed by atoms with E-state index in [-0.39, 0.29) is 12.0 Å². The zero-order chi connectivity index (χ0) is 16.4. The number of thioether (sulfide) groups is 1. The molecule has 122 valence electrons. The van der Waals surface area contributed by atoms with Gasteiger partial charge in [0.2, 0.25) is 0 Å². The second-order valence-electron chi connectivity index (χ2n) is 5.46. The van der Waals surface area contributed by atoms with Crippen LogP contribution in [0.4, 0.5) is 0 Å². The van der Waals surface area contributed by atoms with Gasteiger partial charge < -0.3 is 9.64 Å². The third-order valence-corrected chi connectivity index (χ3v) is 5.55. The van der Waals surface area contributed by atoms with Crippen molar-refractivity contribution in [3.8, 4) is 0 Å². The predicted octanol–water partition coefficient (Wildman–Crippen LogP) is 4.14. The van der Waals surface area contributed by atoms with Gasteiger partial charge in [-0.25, -0.2) is 9.79 Å². The number of rotatable bonds is 3. The van der Waals surface area contributed by atoms with E-state index in [2.05, 4.69) is 38.0 Å². The van der Waals surface area contributed by atoms with Gasteiger partial charge in [0.15, 0.2) is 5.17 Å². The maximum atomic E-state index is 12.5. The summed E-state index contributed by atoms with van der Waals surface area (Å²) in [4.78, 5) is 19.4. The van der Waals surface area contributed by atoms with E-state index in [0.29, 0.717) is 12.2 Å². The summed E-state index contributed by atoms with van der Waals surface area (Å²) in [5.41, 5.74) is 2.50. The molecule has 23 heavy (non-hydrogen) atoms. The van der Waals surface area contributed by atoms with E-state index in [4.69, 9.17) is 4.74 Å². The number of hydrogen-bond donors (Lipinski definition) is 0. The van der Waals surface area contributed by atoms with E-state index in [1.54, 1.807) is 11.8 Å². The number of benzene rings is 1. The first-order chi connectivity index (χ1) is 11.1. The number of amidine groups is 1. The van der Waals surface area contributed by atoms with Crippen LogP contribution in [0.15, 0.2) is 45.0 Å². The molecular formula is C17H19BrN2O2S. The second kappa shape index (κ2) is 7.09. The molecule has 1 fully saturated rings. The highest BCUT2D eigenvalue weighted by atomic mass is 79.9. The summed E-state index contributed by atoms with van der Waals surface area (Å²) in [6.45, 7) is 5.01. The van der Waals surface area contributed by atoms with E-state index in [9.17, 15) is 4.79 Å². The van der Waals surface area contributed by atoms with Crippen LogP contribution < -0.4 is 0 Å². The fourth-order valence-corrected chi connectivity index (χ4v) is 4.21. The van der Waals surface area contributed by atoms with Crippen LogP contribution in [0.25, 0.3) is 0 Å². The van der Waals surface area contributed by atoms with Crippen molar-refractivity contribution in [2.75, 3.05) is 18.9 Å². The van der Waals surface area contributed by atoms with E-state index in [0.717, 1.165) is 39.6 Å². The van der Waals surface area contributed by atoms with Gasteiger partial charge in [0.25, 0.3) is 0 Å². The summed E-state index contributed by atoms with van der Waals surface area (Å²) < 4.78 is 6.32. The molecule has 1 aromatic rings. The van der Waals surface area contributed by atoms with Crippen molar-refractivity contribution in [2.24, 2.45) is 4.99 Å². The highest BCUT2D eigenvalue weighted by Gasteiger charge is 2.37. The van der Waals surface area contributed by atoms with Crippen LogP contribution in [0, 0.1) is 0 Å². The van der Waals surface area contributed by atoms with Crippen molar-refractivity contribution in [1.82, 2.24) is 4.90 Å². The Morgan fingerprint density at radius 1 is 1.43 bits per heavy atom. The van der Waals surface area contributed by atoms with Crippen LogP contribution in [0.1, 0.15) is 31.9 Å². The lowest BCUT2D eigenvalue weighted by atomic mass is 9.94. The summed E-state index contributed by atoms with van der Waals surface area (Å²) in [5, 5.41) is 1.01. The van der Waals surface area contributed by atoms with E-state index in [1.807, 2.05) is 26.0 Å². The van der Waals surface area contributed by atoms with Crippen LogP contribution in [0.3, 0.4) is 0 Å². The first-order valence-corrected chi connectivity index (χ1v) is 9.51. The number of aliphatic imine (C=N–C) groups is 1. The highest BCUT2D eigenvalue weighted by molar-refractivity contribution is 9.10. The van der Waals surface area contributed by atoms with E-state index in [1.165, 1.54) is 0 Å². The third-order valence-electron chi connectivity index (χ3n) is 3.94. The van der Waals surface area contributed by atoms with E-state index < -0.39 is 0 Å². The number of nitrogens with zero attached hydrogens (tertiary/aromatic N) is 2. The SMILES string of the molecule is CCOC(=O)C1=C(C)N=C2SCCCN2C1c1ccc(Br)cc1. The summed E-state index contributed by atoms with van der Waals surface area (Å²) >= 11 is 5.23. The van der Waals surface area contributed by atoms with Crippen LogP contribution in [-0.2, 0) is 9.53 Å². The number of hydrogen-bond acceptors (Lipinski definition) is 5. The minimum Gasteiger partial charge on any atom is -0.463 e. The fourth-order valence-electron chi connectivity index (χ4n) is 2.93. The number of halogens is 1. The van der Waals surface area contributed by atoms with Gasteiger partial charge in [0.05, 0.1) is 23.9 Å². The molecular weight excluding hydrogens is 376 g/mol. The Hall–Kier alpha value is -1.27. The van der Waals surface area contributed by atoms with Gasteiger partial charge >= 0.3 is 5.97 Å². The fraction of sp³-hybridized carbons (Fsp3) is 0.412. The molecule has 1 unspecified atom stereocenters. The molecule has 2 aliphatic heterocycles. The molecule has 0 bridgehead atoms. The lowest BCUT2D eigenvalue weighted by Gasteiger charge is -2.40. The van der Waals surface area contributed by atoms with Crippen molar-refractivity contribution in [2.45, 2.75) is 26.3 Å². The zero-order valence-electron chi connectivity index (χ0n) is 13.2. The molecule has 0 saturated carbocycles. The summed E-state index contributed by atoms with van der Waals surface area (Å²) in [6.07, 6.45) is 1.09. The maximum absolute atomic E-state index is 12.5. The zero-order valence-corrected chi connectivity index (χ0v) is 15.6. The molecule has 0 aliphatic carbocycles. The van der Waals surface area contributed by atoms with Crippen molar-refractivity contribution < 1.29 is 9.53 Å². The average Bonchev–Trinajstić information content (AvgIpc) is 2.54. The molecule has 1 atom stereocenters. The van der Waals surface area contributed by atoms with Crippen LogP contribution in [0.2, 0.25) is 0 Å². The normalized spacial score (nSPS) is 20.9. The molecule has 6 heteroatoms. The molecule has 0 radical (unpaired) electrons. The molecule has 0 spiro atoms. The summed E-state index contributed by atoms with van der Waals surface area (Å²) in [6, 6.07) is 8.02. The Labute approximate surface area is 149 Å². The predicted molar refractivity (Wildman–Crippen MR) is 97.4 cm³/mol. The molecule has 0 N–H and O–H groups in total. The van der Waals surface area contributed by atoms with Crippen LogP contribution in [0.5, 0.6) is 0 Å². The Morgan fingerprint density at radius 2 is 2.17 bits per heavy atom. The van der Waals surface area contributed by atoms with Gasteiger partial charge in [0, 0.05) is 16.8 Å². The first kappa shape index (κ1) is 16.6. The standard InChI is InChI=1S/C17H19BrN2O2S/c1-3-22-16(21)14-11(2)19-17-20(9-4-10-23-17)15(14)12-5-7-13(18)8-6-12/h5-8,15H,3-4,9-10H2,1-2H3. The number of carbonyl (C=O) groups is 1. The minimum absolute atomic E-state index is 0.123. The third kappa shape index (κ3) is 3.33. The molecule has 0 aromatic heterocycles. The molecule has 2 heterocycles. The topological polar surface area (TPSA) is 41.9 Å². The Bertz CT molecular complexity index is 670. The van der Waals surface area contributed by atoms with E-state index >= 15 is 0 Å². The van der Waals surface area contributed by atoms with Gasteiger partial charge in [-0.05, 0) is 38.0 Å². The van der Waals surface area contributed by atoms with Gasteiger partial charge in [-0.3, -0.25) is 0 Å². The Morgan fingerprint density at radius 3 is 2.87 bits per heavy atom. The lowest BCUT2D eigenvalue weighted by molar-refractivity contribution is -0.139. The largest absolute Gasteiger partial charge is 0.463 e. The van der Waals surface area contributed by atoms with Crippen molar-refractivity contribution in [3.05, 3.63) is 45.6 Å². The quantitative estimate of drug-likeness (QED) is 0.722. The average molecular weight is 395 g/mol. The van der Waals surface area contributed by atoms with Gasteiger partial charge in [-0.15, -0.1) is 0 Å². The van der Waals surface area contributed by atoms with Crippen molar-refractivity contribution in [3.63, 3.8) is 0 Å². The summed E-state index contributed by atoms with van der Waals surface area (Å²) in [5.74, 6) is 0.806. The molecule has 2 aliphatic rings. The minimum atomic E-state index is -0.267. The van der Waals surface area contributed by atoms with Crippen molar-refractivity contribution in [1.29, 1.82) is 0 Å². The first-order valence-electron chi connectivity index (χ1n) is 7.73. The number of ether oxygens (including phenoxy) is 1. The summed E-state index contributed by atoms with van der Waals surface area (Å²) in [7, 11) is 0. The molecule has 1 saturated heterocycles. The van der Waals surface area contributed by atoms with Crippen LogP contribution >= 0.6 is 27.7 Å². The van der Waals surface area contributed by atoms with Crippen LogP contribution in [-0.4, -0.2) is 34.9 Å². The highest BCUT2D eigenvalue weighted by Crippen LogP contribution is 2.40. The number of esters is 1. The Balaban J connectivity index is 2.08. The van der Waals surface area contributed by atoms with Crippen molar-refractivity contribution >= 4 is 38.8 Å². The Kier molecular flexibility index (Phi) is 5.11. The number of fused-ring (bicyclic) bond motifs is 1. The number of allylic oxidation sites excluding steroid dienone is 1. The number of carbonyl (C=O) groups excluding carboxylic acids is 1. The van der Waals surface area contributed by atoms with Gasteiger partial charge in [-0.2, -0.15) is 0 Å². The van der Waals surface area contributed by atoms with Gasteiger partial charge in [0.1, 0.15) is 0 Å². The molecule has 0 amide bonds.